The molecule has 5 nitrogen and oxygen atoms in total. The minimum absolute atomic E-state index is 0. The van der Waals surface area contributed by atoms with Gasteiger partial charge in [-0.2, -0.15) is 11.2 Å². The number of aryl methyl sites for hydroxylation is 1. The zero-order valence-electron chi connectivity index (χ0n) is 33.8. The Hall–Kier alpha value is -4.08. The van der Waals surface area contributed by atoms with Crippen molar-refractivity contribution in [1.29, 1.82) is 0 Å². The van der Waals surface area contributed by atoms with Gasteiger partial charge in [0.25, 0.3) is 0 Å². The first-order valence-electron chi connectivity index (χ1n) is 18.4. The van der Waals surface area contributed by atoms with Crippen molar-refractivity contribution in [3.63, 3.8) is 0 Å². The first kappa shape index (κ1) is 40.1. The third-order valence-electron chi connectivity index (χ3n) is 10.2. The van der Waals surface area contributed by atoms with Crippen molar-refractivity contribution in [2.45, 2.75) is 112 Å². The number of nitrogens with zero attached hydrogens (tertiary/aromatic N) is 4. The van der Waals surface area contributed by atoms with Crippen molar-refractivity contribution in [3.8, 4) is 17.2 Å². The van der Waals surface area contributed by atoms with Gasteiger partial charge in [0.2, 0.25) is 0 Å². The molecule has 0 spiro atoms. The van der Waals surface area contributed by atoms with E-state index in [2.05, 4.69) is 192 Å². The van der Waals surface area contributed by atoms with Gasteiger partial charge in [0.05, 0.1) is 5.69 Å². The Bertz CT molecular complexity index is 2070. The fourth-order valence-corrected chi connectivity index (χ4v) is 6.95. The standard InChI is InChI=1S/C47H55N4O.Pt/c1-32-43(47(12,13)34-18-15-14-16-19-34)33(2)51(48-32)38-20-17-21-41(29-38)52-42-28-37(46(9,10)11)27-40(30-42)50-23-22-49(31-50)39-25-35(44(3,4)5)24-36(26-39)45(6,7)8;/h14-28,31H,1-13H3;/q-3;. The van der Waals surface area contributed by atoms with E-state index in [9.17, 15) is 0 Å². The third-order valence-corrected chi connectivity index (χ3v) is 10.2. The summed E-state index contributed by atoms with van der Waals surface area (Å²) < 4.78 is 8.56. The zero-order chi connectivity index (χ0) is 37.8. The Kier molecular flexibility index (Phi) is 11.1. The average Bonchev–Trinajstić information content (AvgIpc) is 3.68. The molecule has 0 bridgehead atoms. The van der Waals surface area contributed by atoms with Crippen LogP contribution in [0, 0.1) is 32.6 Å². The maximum absolute atomic E-state index is 6.58. The number of rotatable bonds is 7. The van der Waals surface area contributed by atoms with Gasteiger partial charge in [0, 0.05) is 54.9 Å². The van der Waals surface area contributed by atoms with Crippen LogP contribution >= 0.6 is 0 Å². The predicted octanol–water partition coefficient (Wildman–Crippen LogP) is 12.0. The average molecular weight is 887 g/mol. The smallest absolute Gasteiger partial charge is 0.0640 e. The molecule has 4 aromatic carbocycles. The van der Waals surface area contributed by atoms with E-state index in [0.29, 0.717) is 11.5 Å². The fourth-order valence-electron chi connectivity index (χ4n) is 6.95. The zero-order valence-corrected chi connectivity index (χ0v) is 36.0. The summed E-state index contributed by atoms with van der Waals surface area (Å²) in [6.45, 7) is 31.2. The Balaban J connectivity index is 0.00000541. The van der Waals surface area contributed by atoms with Gasteiger partial charge in [0.1, 0.15) is 0 Å². The second-order valence-corrected chi connectivity index (χ2v) is 17.8. The summed E-state index contributed by atoms with van der Waals surface area (Å²) in [6.07, 6.45) is 4.21. The van der Waals surface area contributed by atoms with Crippen LogP contribution in [0.2, 0.25) is 0 Å². The molecule has 1 aliphatic heterocycles. The Labute approximate surface area is 333 Å². The number of aromatic nitrogens is 2. The van der Waals surface area contributed by atoms with Crippen LogP contribution in [0.5, 0.6) is 11.5 Å². The molecule has 0 radical (unpaired) electrons. The van der Waals surface area contributed by atoms with Gasteiger partial charge >= 0.3 is 0 Å². The molecular weight excluding hydrogens is 832 g/mol. The van der Waals surface area contributed by atoms with Crippen LogP contribution in [0.4, 0.5) is 11.4 Å². The normalized spacial score (nSPS) is 13.8. The van der Waals surface area contributed by atoms with E-state index < -0.39 is 0 Å². The first-order valence-corrected chi connectivity index (χ1v) is 18.4. The fraction of sp³-hybridized carbons (Fsp3) is 0.362. The summed E-state index contributed by atoms with van der Waals surface area (Å²) in [4.78, 5) is 4.32. The molecule has 1 aromatic heterocycles. The van der Waals surface area contributed by atoms with E-state index in [-0.39, 0.29) is 42.7 Å². The molecule has 282 valence electrons. The largest absolute Gasteiger partial charge is 0.509 e. The van der Waals surface area contributed by atoms with Crippen molar-refractivity contribution in [1.82, 2.24) is 9.78 Å². The number of hydrogen-bond acceptors (Lipinski definition) is 4. The van der Waals surface area contributed by atoms with Crippen LogP contribution in [0.15, 0.2) is 91.3 Å². The first-order chi connectivity index (χ1) is 24.2. The minimum Gasteiger partial charge on any atom is -0.509 e. The second-order valence-electron chi connectivity index (χ2n) is 17.8. The number of hydrogen-bond donors (Lipinski definition) is 0. The van der Waals surface area contributed by atoms with E-state index in [1.54, 1.807) is 0 Å². The van der Waals surface area contributed by atoms with Gasteiger partial charge in [-0.1, -0.05) is 113 Å². The van der Waals surface area contributed by atoms with Crippen molar-refractivity contribution in [2.75, 3.05) is 9.80 Å². The summed E-state index contributed by atoms with van der Waals surface area (Å²) in [6, 6.07) is 34.9. The Morgan fingerprint density at radius 3 is 1.75 bits per heavy atom. The van der Waals surface area contributed by atoms with Crippen molar-refractivity contribution >= 4 is 11.4 Å². The van der Waals surface area contributed by atoms with E-state index in [1.807, 2.05) is 22.9 Å². The molecule has 5 aromatic rings. The van der Waals surface area contributed by atoms with Crippen LogP contribution in [-0.4, -0.2) is 9.78 Å². The molecule has 6 heteroatoms. The van der Waals surface area contributed by atoms with E-state index >= 15 is 0 Å². The third kappa shape index (κ3) is 8.52. The molecule has 0 saturated heterocycles. The molecule has 6 rings (SSSR count). The van der Waals surface area contributed by atoms with Crippen molar-refractivity contribution in [3.05, 3.63) is 149 Å². The van der Waals surface area contributed by atoms with Gasteiger partial charge in [-0.25, -0.2) is 0 Å². The summed E-state index contributed by atoms with van der Waals surface area (Å²) >= 11 is 0. The Morgan fingerprint density at radius 2 is 1.15 bits per heavy atom. The number of ether oxygens (including phenoxy) is 1. The van der Waals surface area contributed by atoms with Crippen LogP contribution < -0.4 is 14.5 Å². The SMILES string of the molecule is Cc1nn(-c2[c-]c(Oc3[c-]c(N4C=CN(c5cc(C(C)(C)C)cc(C(C)(C)C)c5)[CH-]4)cc(C(C)(C)C)c3)ccc2)c(C)c1C(C)(C)c1ccccc1.[Pt]. The van der Waals surface area contributed by atoms with Gasteiger partial charge < -0.3 is 14.5 Å². The monoisotopic (exact) mass is 886 g/mol. The van der Waals surface area contributed by atoms with Gasteiger partial charge in [-0.15, -0.1) is 54.3 Å². The van der Waals surface area contributed by atoms with Crippen LogP contribution in [0.3, 0.4) is 0 Å². The van der Waals surface area contributed by atoms with Crippen molar-refractivity contribution < 1.29 is 25.8 Å². The topological polar surface area (TPSA) is 33.5 Å². The van der Waals surface area contributed by atoms with Crippen LogP contribution in [0.1, 0.15) is 115 Å². The summed E-state index contributed by atoms with van der Waals surface area (Å²) in [5.41, 5.74) is 11.0. The maximum Gasteiger partial charge on any atom is 0.0640 e. The quantitative estimate of drug-likeness (QED) is 0.153. The summed E-state index contributed by atoms with van der Waals surface area (Å²) in [5, 5.41) is 5.00. The molecule has 0 N–H and O–H groups in total. The van der Waals surface area contributed by atoms with Gasteiger partial charge in [-0.05, 0) is 77.0 Å². The molecule has 0 aliphatic carbocycles. The van der Waals surface area contributed by atoms with Crippen molar-refractivity contribution in [2.24, 2.45) is 0 Å². The minimum atomic E-state index is -0.207. The molecular formula is C47H55N4OPt-3. The van der Waals surface area contributed by atoms with E-state index in [1.165, 1.54) is 22.3 Å². The number of benzene rings is 4. The molecule has 0 amide bonds. The maximum atomic E-state index is 6.58. The predicted molar refractivity (Wildman–Crippen MR) is 217 cm³/mol. The van der Waals surface area contributed by atoms with Crippen LogP contribution in [0.25, 0.3) is 5.69 Å². The molecule has 0 saturated carbocycles. The van der Waals surface area contributed by atoms with Crippen LogP contribution in [-0.2, 0) is 42.7 Å². The van der Waals surface area contributed by atoms with E-state index in [0.717, 1.165) is 34.0 Å². The molecule has 53 heavy (non-hydrogen) atoms. The second kappa shape index (κ2) is 14.6. The molecule has 0 atom stereocenters. The summed E-state index contributed by atoms with van der Waals surface area (Å²) in [5.74, 6) is 1.25. The summed E-state index contributed by atoms with van der Waals surface area (Å²) in [7, 11) is 0. The molecule has 0 fully saturated rings. The van der Waals surface area contributed by atoms with E-state index in [4.69, 9.17) is 9.84 Å². The number of anilines is 2. The molecule has 1 aliphatic rings. The molecule has 0 unspecified atom stereocenters. The van der Waals surface area contributed by atoms with Gasteiger partial charge in [0.15, 0.2) is 0 Å². The van der Waals surface area contributed by atoms with Gasteiger partial charge in [-0.3, -0.25) is 4.68 Å². The Morgan fingerprint density at radius 1 is 0.585 bits per heavy atom. The molecule has 2 heterocycles.